The maximum Gasteiger partial charge on any atom is 0.245 e. The summed E-state index contributed by atoms with van der Waals surface area (Å²) in [5.74, 6) is -0.522. The second kappa shape index (κ2) is 29.9. The van der Waals surface area contributed by atoms with E-state index in [1.807, 2.05) is 6.07 Å². The van der Waals surface area contributed by atoms with Gasteiger partial charge in [0.15, 0.2) is 0 Å². The summed E-state index contributed by atoms with van der Waals surface area (Å²) in [5.41, 5.74) is 18.7. The first-order chi connectivity index (χ1) is 38.0. The highest BCUT2D eigenvalue weighted by Crippen LogP contribution is 2.47. The topological polar surface area (TPSA) is 202 Å². The highest BCUT2D eigenvalue weighted by Gasteiger charge is 2.39. The SMILES string of the molecule is CCCCC(CC)CN(C(CC)CCCC)S(=O)(=O)c1ccccc1/N=N/C1=C(N)C(c2cc(C3C=C(C(C)(C)C)C(/N=N/c4ccccc4S(=O)(=O)N(CC(CC)CCCC)C(CC)CCCC)=C3N)ncn2)C=C1C(C)(C)C. The average molecular weight is 1140 g/mol. The molecule has 0 amide bonds. The Hall–Kier alpha value is -4.90. The van der Waals surface area contributed by atoms with E-state index in [1.54, 1.807) is 57.1 Å². The number of nitrogens with zero attached hydrogens (tertiary/aromatic N) is 8. The number of rotatable bonds is 32. The Bertz CT molecular complexity index is 2740. The van der Waals surface area contributed by atoms with Crippen molar-refractivity contribution in [3.05, 3.63) is 118 Å². The van der Waals surface area contributed by atoms with Gasteiger partial charge in [-0.1, -0.05) is 198 Å². The fourth-order valence-electron chi connectivity index (χ4n) is 11.1. The van der Waals surface area contributed by atoms with Crippen molar-refractivity contribution >= 4 is 31.4 Å². The molecular weight excluding hydrogens is 1040 g/mol. The molecule has 6 unspecified atom stereocenters. The summed E-state index contributed by atoms with van der Waals surface area (Å²) in [6.07, 6.45) is 20.5. The Balaban J connectivity index is 1.55. The fourth-order valence-corrected chi connectivity index (χ4v) is 15.0. The van der Waals surface area contributed by atoms with Crippen molar-refractivity contribution in [1.29, 1.82) is 0 Å². The Kier molecular flexibility index (Phi) is 24.6. The molecule has 2 aliphatic rings. The van der Waals surface area contributed by atoms with Crippen LogP contribution < -0.4 is 11.5 Å². The Morgan fingerprint density at radius 2 is 0.863 bits per heavy atom. The largest absolute Gasteiger partial charge is 0.399 e. The summed E-state index contributed by atoms with van der Waals surface area (Å²) < 4.78 is 63.6. The van der Waals surface area contributed by atoms with Crippen LogP contribution in [0.3, 0.4) is 0 Å². The molecule has 0 saturated heterocycles. The molecule has 0 aliphatic heterocycles. The quantitative estimate of drug-likeness (QED) is 0.0575. The van der Waals surface area contributed by atoms with Gasteiger partial charge < -0.3 is 11.5 Å². The third-order valence-electron chi connectivity index (χ3n) is 16.3. The highest BCUT2D eigenvalue weighted by molar-refractivity contribution is 7.89. The minimum Gasteiger partial charge on any atom is -0.399 e. The van der Waals surface area contributed by atoms with E-state index >= 15 is 16.8 Å². The molecule has 3 aromatic rings. The van der Waals surface area contributed by atoms with Gasteiger partial charge in [-0.3, -0.25) is 0 Å². The van der Waals surface area contributed by atoms with Crippen molar-refractivity contribution < 1.29 is 16.8 Å². The van der Waals surface area contributed by atoms with Crippen LogP contribution in [0.4, 0.5) is 11.4 Å². The summed E-state index contributed by atoms with van der Waals surface area (Å²) >= 11 is 0. The van der Waals surface area contributed by atoms with Crippen LogP contribution in [0.15, 0.2) is 137 Å². The molecule has 442 valence electrons. The Morgan fingerprint density at radius 3 is 1.19 bits per heavy atom. The standard InChI is InChI=1S/C64H100N10O4S2/c1-15-23-31-45(19-5)42-73(47(21-7)33-25-17-3)79(75,76)57-37-29-27-35-53(57)69-71-61-51(63(9,10)11)39-49(59(61)65)55-41-56(68-44-67-55)50-40-52(64(12,13)14)62(60(50)66)72-70-54-36-28-30-38-58(54)80(77,78)74(48(22-8)34-26-18-4)43-46(20-6)32-24-16-2/h27-30,35-41,44-50H,15-26,31-34,42-43,65-66H2,1-14H3/b71-69+,72-70+. The van der Waals surface area contributed by atoms with Gasteiger partial charge in [0.05, 0.1) is 23.2 Å². The Morgan fingerprint density at radius 1 is 0.512 bits per heavy atom. The first kappa shape index (κ1) is 65.9. The second-order valence-electron chi connectivity index (χ2n) is 24.3. The van der Waals surface area contributed by atoms with E-state index in [0.717, 1.165) is 101 Å². The molecule has 2 aromatic carbocycles. The zero-order valence-electron chi connectivity index (χ0n) is 51.3. The maximum absolute atomic E-state index is 15.0. The van der Waals surface area contributed by atoms with E-state index in [0.29, 0.717) is 60.1 Å². The molecule has 0 spiro atoms. The average Bonchev–Trinajstić information content (AvgIpc) is 3.99. The van der Waals surface area contributed by atoms with Gasteiger partial charge in [-0.05, 0) is 103 Å². The lowest BCUT2D eigenvalue weighted by molar-refractivity contribution is 0.243. The van der Waals surface area contributed by atoms with E-state index < -0.39 is 42.7 Å². The van der Waals surface area contributed by atoms with E-state index in [9.17, 15) is 0 Å². The minimum atomic E-state index is -3.99. The summed E-state index contributed by atoms with van der Waals surface area (Å²) in [5, 5.41) is 19.2. The molecule has 0 radical (unpaired) electrons. The Labute approximate surface area is 483 Å². The molecule has 1 aromatic heterocycles. The second-order valence-corrected chi connectivity index (χ2v) is 28.0. The van der Waals surface area contributed by atoms with Crippen LogP contribution in [0, 0.1) is 22.7 Å². The van der Waals surface area contributed by atoms with Gasteiger partial charge in [-0.15, -0.1) is 20.5 Å². The van der Waals surface area contributed by atoms with Crippen LogP contribution in [-0.2, 0) is 20.0 Å². The predicted octanol–water partition coefficient (Wildman–Crippen LogP) is 16.9. The molecular formula is C64H100N10O4S2. The van der Waals surface area contributed by atoms with Crippen molar-refractivity contribution in [2.24, 2.45) is 54.6 Å². The maximum atomic E-state index is 15.0. The molecule has 0 bridgehead atoms. The van der Waals surface area contributed by atoms with E-state index in [2.05, 4.69) is 109 Å². The number of nitrogens with two attached hydrogens (primary N) is 2. The first-order valence-corrected chi connectivity index (χ1v) is 33.2. The van der Waals surface area contributed by atoms with E-state index in [4.69, 9.17) is 41.9 Å². The fraction of sp³-hybridized carbons (Fsp3) is 0.625. The highest BCUT2D eigenvalue weighted by atomic mass is 32.2. The van der Waals surface area contributed by atoms with Crippen LogP contribution in [0.1, 0.15) is 223 Å². The molecule has 0 fully saturated rings. The third kappa shape index (κ3) is 16.2. The van der Waals surface area contributed by atoms with Crippen molar-refractivity contribution in [1.82, 2.24) is 18.6 Å². The van der Waals surface area contributed by atoms with Gasteiger partial charge in [0, 0.05) is 36.6 Å². The zero-order chi connectivity index (χ0) is 59.0. The number of azo groups is 2. The molecule has 4 N–H and O–H groups in total. The number of sulfonamides is 2. The lowest BCUT2D eigenvalue weighted by atomic mass is 9.85. The summed E-state index contributed by atoms with van der Waals surface area (Å²) in [4.78, 5) is 9.81. The molecule has 14 nitrogen and oxygen atoms in total. The van der Waals surface area contributed by atoms with E-state index in [1.165, 1.54) is 6.33 Å². The normalized spacial score (nSPS) is 18.3. The number of allylic oxidation sites excluding steroid dienone is 4. The molecule has 1 heterocycles. The lowest BCUT2D eigenvalue weighted by Gasteiger charge is -2.33. The molecule has 5 rings (SSSR count). The monoisotopic (exact) mass is 1140 g/mol. The number of aromatic nitrogens is 2. The summed E-state index contributed by atoms with van der Waals surface area (Å²) in [6.45, 7) is 30.6. The van der Waals surface area contributed by atoms with Gasteiger partial charge >= 0.3 is 0 Å². The van der Waals surface area contributed by atoms with Crippen molar-refractivity contribution in [3.63, 3.8) is 0 Å². The van der Waals surface area contributed by atoms with Crippen LogP contribution in [0.5, 0.6) is 0 Å². The van der Waals surface area contributed by atoms with Gasteiger partial charge in [0.1, 0.15) is 38.9 Å². The zero-order valence-corrected chi connectivity index (χ0v) is 52.9. The van der Waals surface area contributed by atoms with Crippen LogP contribution in [0.2, 0.25) is 0 Å². The van der Waals surface area contributed by atoms with Gasteiger partial charge in [-0.2, -0.15) is 8.61 Å². The first-order valence-electron chi connectivity index (χ1n) is 30.3. The molecule has 0 saturated carbocycles. The van der Waals surface area contributed by atoms with Gasteiger partial charge in [0.2, 0.25) is 20.0 Å². The van der Waals surface area contributed by atoms with Crippen molar-refractivity contribution in [2.45, 2.75) is 233 Å². The molecule has 80 heavy (non-hydrogen) atoms. The van der Waals surface area contributed by atoms with E-state index in [-0.39, 0.29) is 45.1 Å². The minimum absolute atomic E-state index is 0.130. The summed E-state index contributed by atoms with van der Waals surface area (Å²) in [7, 11) is -7.99. The molecule has 2 aliphatic carbocycles. The number of hydrogen-bond donors (Lipinski definition) is 2. The number of benzene rings is 2. The van der Waals surface area contributed by atoms with Gasteiger partial charge in [0.25, 0.3) is 0 Å². The van der Waals surface area contributed by atoms with Crippen LogP contribution >= 0.6 is 0 Å². The lowest BCUT2D eigenvalue weighted by Crippen LogP contribution is -2.43. The number of hydrogen-bond acceptors (Lipinski definition) is 12. The molecule has 6 atom stereocenters. The van der Waals surface area contributed by atoms with Crippen LogP contribution in [0.25, 0.3) is 0 Å². The third-order valence-corrected chi connectivity index (χ3v) is 20.2. The van der Waals surface area contributed by atoms with Crippen LogP contribution in [-0.4, -0.2) is 60.6 Å². The smallest absolute Gasteiger partial charge is 0.245 e. The van der Waals surface area contributed by atoms with Crippen molar-refractivity contribution in [2.75, 3.05) is 13.1 Å². The number of unbranched alkanes of at least 4 members (excludes halogenated alkanes) is 4. The van der Waals surface area contributed by atoms with Gasteiger partial charge in [-0.25, -0.2) is 26.8 Å². The van der Waals surface area contributed by atoms with Crippen molar-refractivity contribution in [3.8, 4) is 0 Å². The molecule has 16 heteroatoms. The summed E-state index contributed by atoms with van der Waals surface area (Å²) in [6, 6.07) is 15.5. The predicted molar refractivity (Wildman–Crippen MR) is 329 cm³/mol.